The summed E-state index contributed by atoms with van der Waals surface area (Å²) >= 11 is 0. The smallest absolute Gasteiger partial charge is 0.328 e. The Balaban J connectivity index is 1.97. The van der Waals surface area contributed by atoms with Gasteiger partial charge in [-0.1, -0.05) is 6.07 Å². The van der Waals surface area contributed by atoms with Gasteiger partial charge >= 0.3 is 5.69 Å². The fourth-order valence-electron chi connectivity index (χ4n) is 2.35. The molecule has 25 heavy (non-hydrogen) atoms. The minimum atomic E-state index is -0.294. The third kappa shape index (κ3) is 3.55. The molecule has 3 heterocycles. The van der Waals surface area contributed by atoms with Crippen LogP contribution in [-0.2, 0) is 13.1 Å². The molecule has 4 N–H and O–H groups in total. The summed E-state index contributed by atoms with van der Waals surface area (Å²) in [4.78, 5) is 31.5. The second-order valence-corrected chi connectivity index (χ2v) is 5.43. The van der Waals surface area contributed by atoms with E-state index in [1.807, 2.05) is 19.1 Å². The van der Waals surface area contributed by atoms with Crippen LogP contribution in [-0.4, -0.2) is 31.2 Å². The molecule has 0 fully saturated rings. The highest BCUT2D eigenvalue weighted by Gasteiger charge is 2.14. The molecule has 3 aromatic rings. The topological polar surface area (TPSA) is 127 Å². The van der Waals surface area contributed by atoms with Crippen LogP contribution in [0.2, 0.25) is 0 Å². The predicted molar refractivity (Wildman–Crippen MR) is 96.2 cm³/mol. The summed E-state index contributed by atoms with van der Waals surface area (Å²) in [6.07, 6.45) is 4.87. The molecule has 9 heteroatoms. The van der Waals surface area contributed by atoms with Crippen LogP contribution in [0.5, 0.6) is 0 Å². The number of aliphatic imine (C=N–C) groups is 1. The number of nitrogen functional groups attached to an aromatic ring is 1. The number of H-pyrrole nitrogens is 1. The van der Waals surface area contributed by atoms with Crippen molar-refractivity contribution < 1.29 is 0 Å². The zero-order chi connectivity index (χ0) is 17.8. The number of aryl methyl sites for hydroxylation is 1. The molecule has 0 unspecified atom stereocenters. The summed E-state index contributed by atoms with van der Waals surface area (Å²) in [6, 6.07) is 3.82. The van der Waals surface area contributed by atoms with E-state index in [-0.39, 0.29) is 11.5 Å². The number of hydrogen-bond donors (Lipinski definition) is 3. The Morgan fingerprint density at radius 2 is 2.28 bits per heavy atom. The van der Waals surface area contributed by atoms with Crippen molar-refractivity contribution in [2.75, 3.05) is 5.73 Å². The summed E-state index contributed by atoms with van der Waals surface area (Å²) in [7, 11) is 0. The van der Waals surface area contributed by atoms with E-state index in [1.54, 1.807) is 12.4 Å². The molecule has 0 aromatic carbocycles. The number of pyridine rings is 1. The van der Waals surface area contributed by atoms with Crippen molar-refractivity contribution in [1.82, 2.24) is 29.8 Å². The summed E-state index contributed by atoms with van der Waals surface area (Å²) in [5.74, 6) is 0.694. The second-order valence-electron chi connectivity index (χ2n) is 5.43. The normalized spacial score (nSPS) is 11.2. The van der Waals surface area contributed by atoms with E-state index in [4.69, 9.17) is 5.73 Å². The van der Waals surface area contributed by atoms with E-state index in [1.165, 1.54) is 10.8 Å². The van der Waals surface area contributed by atoms with Gasteiger partial charge in [0.1, 0.15) is 5.52 Å². The van der Waals surface area contributed by atoms with Crippen LogP contribution in [0.15, 0.2) is 40.5 Å². The quantitative estimate of drug-likeness (QED) is 0.568. The molecule has 0 aliphatic rings. The van der Waals surface area contributed by atoms with Crippen LogP contribution in [0, 0.1) is 6.92 Å². The molecule has 0 atom stereocenters. The van der Waals surface area contributed by atoms with E-state index >= 15 is 0 Å². The molecule has 3 rings (SSSR count). The Morgan fingerprint density at radius 3 is 3.00 bits per heavy atom. The van der Waals surface area contributed by atoms with E-state index < -0.39 is 0 Å². The number of fused-ring (bicyclic) bond motifs is 1. The molecule has 0 amide bonds. The van der Waals surface area contributed by atoms with E-state index in [2.05, 4.69) is 37.0 Å². The first kappa shape index (κ1) is 16.4. The zero-order valence-corrected chi connectivity index (χ0v) is 13.7. The highest BCUT2D eigenvalue weighted by molar-refractivity contribution is 5.81. The number of aromatic amines is 1. The lowest BCUT2D eigenvalue weighted by molar-refractivity contribution is 0.757. The lowest BCUT2D eigenvalue weighted by atomic mass is 10.2. The molecular formula is C16H18N8O. The minimum absolute atomic E-state index is 0.227. The fourth-order valence-corrected chi connectivity index (χ4v) is 2.35. The van der Waals surface area contributed by atoms with Crippen molar-refractivity contribution in [3.05, 3.63) is 58.3 Å². The molecule has 0 aliphatic heterocycles. The lowest BCUT2D eigenvalue weighted by Crippen LogP contribution is -2.18. The number of nitrogens with zero attached hydrogens (tertiary/aromatic N) is 5. The number of aromatic nitrogens is 5. The molecule has 0 bridgehead atoms. The SMILES string of the molecule is C=N/C=C\NCc1nc(N)c2[nH]c(=O)n(Cc3ccc(C)nc3)c2n1. The van der Waals surface area contributed by atoms with Crippen LogP contribution in [0.4, 0.5) is 5.82 Å². The molecule has 0 radical (unpaired) electrons. The van der Waals surface area contributed by atoms with E-state index in [9.17, 15) is 4.79 Å². The Hall–Kier alpha value is -3.49. The average Bonchev–Trinajstić information content (AvgIpc) is 2.90. The monoisotopic (exact) mass is 338 g/mol. The van der Waals surface area contributed by atoms with Gasteiger partial charge in [-0.3, -0.25) is 14.5 Å². The van der Waals surface area contributed by atoms with Crippen molar-refractivity contribution in [1.29, 1.82) is 0 Å². The number of nitrogens with two attached hydrogens (primary N) is 1. The van der Waals surface area contributed by atoms with Gasteiger partial charge in [-0.05, 0) is 25.3 Å². The van der Waals surface area contributed by atoms with Crippen LogP contribution in [0.1, 0.15) is 17.1 Å². The van der Waals surface area contributed by atoms with E-state index in [0.29, 0.717) is 30.1 Å². The first-order valence-corrected chi connectivity index (χ1v) is 7.59. The summed E-state index contributed by atoms with van der Waals surface area (Å²) in [5.41, 5.74) is 8.36. The largest absolute Gasteiger partial charge is 0.382 e. The van der Waals surface area contributed by atoms with Crippen LogP contribution in [0.3, 0.4) is 0 Å². The number of hydrogen-bond acceptors (Lipinski definition) is 7. The van der Waals surface area contributed by atoms with Gasteiger partial charge in [0, 0.05) is 24.3 Å². The van der Waals surface area contributed by atoms with Gasteiger partial charge in [0.15, 0.2) is 17.3 Å². The van der Waals surface area contributed by atoms with E-state index in [0.717, 1.165) is 11.3 Å². The summed E-state index contributed by atoms with van der Waals surface area (Å²) < 4.78 is 1.52. The van der Waals surface area contributed by atoms with Gasteiger partial charge in [0.25, 0.3) is 0 Å². The van der Waals surface area contributed by atoms with Crippen molar-refractivity contribution in [2.45, 2.75) is 20.0 Å². The first-order valence-electron chi connectivity index (χ1n) is 7.59. The maximum absolute atomic E-state index is 12.3. The molecular weight excluding hydrogens is 320 g/mol. The Kier molecular flexibility index (Phi) is 4.55. The Bertz CT molecular complexity index is 984. The summed E-state index contributed by atoms with van der Waals surface area (Å²) in [5, 5.41) is 2.97. The highest BCUT2D eigenvalue weighted by atomic mass is 16.1. The molecule has 128 valence electrons. The number of anilines is 1. The van der Waals surface area contributed by atoms with Gasteiger partial charge in [0.05, 0.1) is 13.1 Å². The minimum Gasteiger partial charge on any atom is -0.382 e. The van der Waals surface area contributed by atoms with Gasteiger partial charge in [-0.25, -0.2) is 14.8 Å². The van der Waals surface area contributed by atoms with Gasteiger partial charge in [-0.2, -0.15) is 0 Å². The summed E-state index contributed by atoms with van der Waals surface area (Å²) in [6.45, 7) is 5.94. The number of rotatable bonds is 6. The van der Waals surface area contributed by atoms with Crippen molar-refractivity contribution in [2.24, 2.45) is 4.99 Å². The van der Waals surface area contributed by atoms with Crippen molar-refractivity contribution in [3.8, 4) is 0 Å². The van der Waals surface area contributed by atoms with Crippen LogP contribution < -0.4 is 16.7 Å². The Morgan fingerprint density at radius 1 is 1.44 bits per heavy atom. The maximum atomic E-state index is 12.3. The maximum Gasteiger partial charge on any atom is 0.328 e. The standard InChI is InChI=1S/C16H18N8O/c1-10-3-4-11(7-20-10)9-24-15-13(23-16(24)25)14(17)21-12(22-15)8-19-6-5-18-2/h3-7,19H,2,8-9H2,1H3,(H,23,25)(H2,17,21,22)/b6-5-. The number of nitrogens with one attached hydrogen (secondary N) is 2. The zero-order valence-electron chi connectivity index (χ0n) is 13.7. The predicted octanol–water partition coefficient (Wildman–Crippen LogP) is 0.715. The van der Waals surface area contributed by atoms with Gasteiger partial charge in [0.2, 0.25) is 0 Å². The van der Waals surface area contributed by atoms with Gasteiger partial charge in [-0.15, -0.1) is 0 Å². The molecule has 3 aromatic heterocycles. The number of imidazole rings is 1. The molecule has 0 saturated heterocycles. The van der Waals surface area contributed by atoms with Crippen molar-refractivity contribution in [3.63, 3.8) is 0 Å². The Labute approximate surface area is 143 Å². The van der Waals surface area contributed by atoms with Gasteiger partial charge < -0.3 is 16.0 Å². The third-order valence-electron chi connectivity index (χ3n) is 3.57. The first-order chi connectivity index (χ1) is 12.1. The molecule has 0 saturated carbocycles. The lowest BCUT2D eigenvalue weighted by Gasteiger charge is -2.06. The highest BCUT2D eigenvalue weighted by Crippen LogP contribution is 2.15. The second kappa shape index (κ2) is 6.95. The molecule has 0 aliphatic carbocycles. The molecule has 9 nitrogen and oxygen atoms in total. The molecule has 0 spiro atoms. The average molecular weight is 338 g/mol. The van der Waals surface area contributed by atoms with Crippen molar-refractivity contribution >= 4 is 23.7 Å². The fraction of sp³-hybridized carbons (Fsp3) is 0.188. The third-order valence-corrected chi connectivity index (χ3v) is 3.57. The van der Waals surface area contributed by atoms with Crippen LogP contribution in [0.25, 0.3) is 11.2 Å². The van der Waals surface area contributed by atoms with Crippen LogP contribution >= 0.6 is 0 Å².